The van der Waals surface area contributed by atoms with Gasteiger partial charge < -0.3 is 45.1 Å². The van der Waals surface area contributed by atoms with Gasteiger partial charge in [0.2, 0.25) is 11.2 Å². The minimum atomic E-state index is -0.985. The molecule has 0 saturated carbocycles. The number of phenolic OH excluding ortho intramolecular Hbond substituents is 2. The quantitative estimate of drug-likeness (QED) is 0.0786. The number of hydrogen-bond acceptors (Lipinski definition) is 14. The molecule has 6 aromatic rings. The number of ether oxygens (including phenoxy) is 1. The molecule has 5 aromatic carbocycles. The van der Waals surface area contributed by atoms with Crippen LogP contribution in [-0.2, 0) is 18.6 Å². The minimum Gasteiger partial charge on any atom is -0.507 e. The van der Waals surface area contributed by atoms with Crippen molar-refractivity contribution in [3.05, 3.63) is 121 Å². The minimum absolute atomic E-state index is 0.000395. The van der Waals surface area contributed by atoms with Gasteiger partial charge in [-0.15, -0.1) is 0 Å². The van der Waals surface area contributed by atoms with Crippen LogP contribution in [0.1, 0.15) is 132 Å². The Morgan fingerprint density at radius 2 is 1.76 bits per heavy atom. The number of rotatable bonds is 6. The lowest BCUT2D eigenvalue weighted by Gasteiger charge is -2.42. The van der Waals surface area contributed by atoms with Crippen molar-refractivity contribution in [3.8, 4) is 45.4 Å². The van der Waals surface area contributed by atoms with Crippen LogP contribution in [0.15, 0.2) is 69.9 Å². The topological polar surface area (TPSA) is 173 Å². The summed E-state index contributed by atoms with van der Waals surface area (Å²) in [6.45, 7) is 7.34. The maximum Gasteiger partial charge on any atom is 0.238 e. The maximum atomic E-state index is 15.4. The van der Waals surface area contributed by atoms with Gasteiger partial charge in [-0.25, -0.2) is 0 Å². The average Bonchev–Trinajstić information content (AvgIpc) is 3.39. The number of aromatic hydroxyl groups is 3. The Kier molecular flexibility index (Phi) is 13.2. The second-order valence-electron chi connectivity index (χ2n) is 21.2. The van der Waals surface area contributed by atoms with Gasteiger partial charge in [-0.2, -0.15) is 0 Å². The second kappa shape index (κ2) is 19.5. The zero-order valence-corrected chi connectivity index (χ0v) is 43.9. The highest BCUT2D eigenvalue weighted by atomic mass is 33.1. The van der Waals surface area contributed by atoms with Crippen LogP contribution >= 0.6 is 43.2 Å². The van der Waals surface area contributed by atoms with Crippen molar-refractivity contribution in [3.63, 3.8) is 0 Å². The number of aliphatic hydroxyl groups is 3. The molecule has 12 rings (SSSR count). The van der Waals surface area contributed by atoms with Crippen molar-refractivity contribution in [2.24, 2.45) is 11.8 Å². The van der Waals surface area contributed by atoms with Gasteiger partial charge in [-0.05, 0) is 130 Å². The Morgan fingerprint density at radius 1 is 0.903 bits per heavy atom. The molecule has 5 bridgehead atoms. The van der Waals surface area contributed by atoms with Gasteiger partial charge in [0.25, 0.3) is 0 Å². The molecule has 5 heterocycles. The summed E-state index contributed by atoms with van der Waals surface area (Å²) in [6.07, 6.45) is 6.35. The molecule has 9 unspecified atom stereocenters. The Bertz CT molecular complexity index is 3240. The van der Waals surface area contributed by atoms with Gasteiger partial charge in [0.15, 0.2) is 5.76 Å². The van der Waals surface area contributed by atoms with E-state index in [1.165, 1.54) is 11.6 Å². The largest absolute Gasteiger partial charge is 0.507 e. The van der Waals surface area contributed by atoms with Crippen molar-refractivity contribution in [2.45, 2.75) is 125 Å². The molecule has 2 fully saturated rings. The summed E-state index contributed by atoms with van der Waals surface area (Å²) in [5.41, 5.74) is 8.78. The predicted octanol–water partition coefficient (Wildman–Crippen LogP) is 12.2. The number of aliphatic hydroxyl groups excluding tert-OH is 3. The molecule has 6 aliphatic rings. The summed E-state index contributed by atoms with van der Waals surface area (Å²) < 4.78 is 13.8. The van der Waals surface area contributed by atoms with Crippen LogP contribution in [0.4, 0.5) is 0 Å². The first-order valence-corrected chi connectivity index (χ1v) is 30.5. The predicted molar refractivity (Wildman–Crippen MR) is 295 cm³/mol. The molecule has 14 heteroatoms. The van der Waals surface area contributed by atoms with Crippen LogP contribution in [0.25, 0.3) is 50.3 Å². The molecule has 0 amide bonds. The highest BCUT2D eigenvalue weighted by Gasteiger charge is 2.46. The number of nitrogens with one attached hydrogen (secondary N) is 1. The zero-order chi connectivity index (χ0) is 49.7. The zero-order valence-electron chi connectivity index (χ0n) is 40.7. The van der Waals surface area contributed by atoms with E-state index in [9.17, 15) is 30.6 Å². The maximum absolute atomic E-state index is 15.4. The number of phenols is 2. The molecule has 72 heavy (non-hydrogen) atoms. The van der Waals surface area contributed by atoms with Crippen LogP contribution in [0.5, 0.6) is 23.0 Å². The summed E-state index contributed by atoms with van der Waals surface area (Å²) >= 11 is 0. The van der Waals surface area contributed by atoms with Gasteiger partial charge in [-0.1, -0.05) is 119 Å². The third-order valence-corrected chi connectivity index (χ3v) is 21.9. The van der Waals surface area contributed by atoms with Crippen molar-refractivity contribution in [1.82, 2.24) is 5.32 Å². The van der Waals surface area contributed by atoms with E-state index in [0.717, 1.165) is 69.3 Å². The molecule has 2 aliphatic carbocycles. The summed E-state index contributed by atoms with van der Waals surface area (Å²) in [5.74, 6) is 0.552. The van der Waals surface area contributed by atoms with E-state index in [0.29, 0.717) is 66.0 Å². The molecular weight excluding hydrogens is 983 g/mol. The van der Waals surface area contributed by atoms with E-state index in [4.69, 9.17) is 9.15 Å². The van der Waals surface area contributed by atoms with Crippen molar-refractivity contribution < 1.29 is 39.8 Å². The fraction of sp³-hybridized carbons (Fsp3) is 0.431. The fourth-order valence-corrected chi connectivity index (χ4v) is 18.7. The second-order valence-corrected chi connectivity index (χ2v) is 26.5. The number of hydrogen-bond donors (Lipinski definition) is 7. The lowest BCUT2D eigenvalue weighted by Crippen LogP contribution is -2.40. The standard InChI is InChI=1S/C58H61NO9S4/c1-4-28-20-45-51(59-25-28)32-8-5-7-29(18-32)19-36-40(26-70-71-45)37(21-33(52(36)63)17-27(2)3)56-55(66)54(65)50-44(68-56)24-42(62)48-38-22-35-30(14-15-60)10-11-31-12-13-34-49(46(31)35)47(38)39-23-43(67-57(48)50)41(61)9-6-16-69-72-58(34)53(39)64/h5,7-8,10-13,18,21-22,24,27-28,30,39,41,43,45,51,53,58-64,66H,4,6,9,14-17,19-20,23,25-26H2,1-3H3. The number of allylic oxidation sites excluding steroid dienone is 1. The van der Waals surface area contributed by atoms with Crippen molar-refractivity contribution >= 4 is 71.0 Å². The molecule has 10 nitrogen and oxygen atoms in total. The van der Waals surface area contributed by atoms with E-state index in [-0.39, 0.29) is 80.9 Å². The molecule has 7 N–H and O–H groups in total. The SMILES string of the molecule is CCC1CNC2c3cccc(c3)Cc3c(O)c(CC(C)C)cc(-c4oc5cc(O)c6c(c5c(=O)c4O)OC4CC5c7c-6cc6c8c(ccc(c78)C(SSCCCC4O)C5O)C=CC6CCO)c3CSSC2C1. The first-order chi connectivity index (χ1) is 34.9. The van der Waals surface area contributed by atoms with Crippen molar-refractivity contribution in [2.75, 3.05) is 18.9 Å². The molecule has 9 atom stereocenters. The molecular formula is C58H61NO9S4. The summed E-state index contributed by atoms with van der Waals surface area (Å²) in [7, 11) is 6.89. The molecule has 1 aromatic heterocycles. The third kappa shape index (κ3) is 8.16. The Hall–Kier alpha value is -4.25. The Balaban J connectivity index is 1.09. The van der Waals surface area contributed by atoms with E-state index in [2.05, 4.69) is 74.6 Å². The Morgan fingerprint density at radius 3 is 2.58 bits per heavy atom. The Labute approximate surface area is 435 Å². The fourth-order valence-electron chi connectivity index (χ4n) is 12.8. The van der Waals surface area contributed by atoms with E-state index < -0.39 is 35.4 Å². The first-order valence-electron chi connectivity index (χ1n) is 25.7. The lowest BCUT2D eigenvalue weighted by atomic mass is 9.69. The summed E-state index contributed by atoms with van der Waals surface area (Å²) in [6, 6.07) is 18.3. The van der Waals surface area contributed by atoms with Gasteiger partial charge in [0, 0.05) is 64.9 Å². The van der Waals surface area contributed by atoms with E-state index in [1.54, 1.807) is 32.4 Å². The van der Waals surface area contributed by atoms with Gasteiger partial charge in [0.05, 0.1) is 23.0 Å². The van der Waals surface area contributed by atoms with E-state index >= 15 is 4.79 Å². The summed E-state index contributed by atoms with van der Waals surface area (Å²) in [4.78, 5) is 15.4. The highest BCUT2D eigenvalue weighted by molar-refractivity contribution is 8.77. The van der Waals surface area contributed by atoms with Crippen LogP contribution in [0.2, 0.25) is 0 Å². The third-order valence-electron chi connectivity index (χ3n) is 16.3. The smallest absolute Gasteiger partial charge is 0.238 e. The van der Waals surface area contributed by atoms with Crippen LogP contribution < -0.4 is 15.5 Å². The monoisotopic (exact) mass is 1040 g/mol. The number of fused-ring (bicyclic) bond motifs is 12. The number of piperidine rings is 1. The normalized spacial score (nSPS) is 26.5. The first kappa shape index (κ1) is 48.7. The molecule has 376 valence electrons. The molecule has 2 saturated heterocycles. The van der Waals surface area contributed by atoms with Gasteiger partial charge in [0.1, 0.15) is 34.3 Å². The summed E-state index contributed by atoms with van der Waals surface area (Å²) in [5, 5.41) is 78.3. The van der Waals surface area contributed by atoms with Gasteiger partial charge >= 0.3 is 0 Å². The van der Waals surface area contributed by atoms with Crippen molar-refractivity contribution in [1.29, 1.82) is 0 Å². The van der Waals surface area contributed by atoms with Crippen LogP contribution in [0.3, 0.4) is 0 Å². The van der Waals surface area contributed by atoms with Crippen LogP contribution in [0, 0.1) is 11.8 Å². The van der Waals surface area contributed by atoms with E-state index in [1.807, 2.05) is 22.9 Å². The molecule has 0 radical (unpaired) electrons. The highest BCUT2D eigenvalue weighted by Crippen LogP contribution is 2.61. The van der Waals surface area contributed by atoms with Crippen LogP contribution in [-0.4, -0.2) is 73.1 Å². The molecule has 0 spiro atoms. The van der Waals surface area contributed by atoms with Gasteiger partial charge in [-0.3, -0.25) is 4.79 Å². The number of benzene rings is 5. The molecule has 4 aliphatic heterocycles. The average molecular weight is 1040 g/mol. The lowest BCUT2D eigenvalue weighted by molar-refractivity contribution is 0.00975.